The van der Waals surface area contributed by atoms with Crippen LogP contribution in [0.15, 0.2) is 53.5 Å². The predicted octanol–water partition coefficient (Wildman–Crippen LogP) is 4.10. The summed E-state index contributed by atoms with van der Waals surface area (Å²) in [6.45, 7) is 3.72. The topological polar surface area (TPSA) is 65.5 Å². The van der Waals surface area contributed by atoms with Gasteiger partial charge in [-0.15, -0.1) is 0 Å². The number of carbonyl (C=O) groups is 1. The molecule has 1 aliphatic heterocycles. The van der Waals surface area contributed by atoms with E-state index in [0.717, 1.165) is 18.2 Å². The molecule has 1 heterocycles. The zero-order valence-electron chi connectivity index (χ0n) is 18.0. The van der Waals surface area contributed by atoms with Crippen LogP contribution in [0.2, 0.25) is 0 Å². The quantitative estimate of drug-likeness (QED) is 0.519. The van der Waals surface area contributed by atoms with Crippen LogP contribution in [0, 0.1) is 6.92 Å². The van der Waals surface area contributed by atoms with Crippen LogP contribution in [0.4, 0.5) is 5.69 Å². The van der Waals surface area contributed by atoms with Crippen LogP contribution >= 0.6 is 0 Å². The Labute approximate surface area is 179 Å². The molecule has 1 atom stereocenters. The number of hydrogen-bond acceptors (Lipinski definition) is 2. The molecule has 5 nitrogen and oxygen atoms in total. The molecule has 1 fully saturated rings. The number of hydrogen-bond donors (Lipinski definition) is 3. The van der Waals surface area contributed by atoms with Gasteiger partial charge in [0.25, 0.3) is 0 Å². The highest BCUT2D eigenvalue weighted by Crippen LogP contribution is 2.41. The lowest BCUT2D eigenvalue weighted by atomic mass is 9.78. The van der Waals surface area contributed by atoms with E-state index in [1.165, 1.54) is 42.4 Å². The van der Waals surface area contributed by atoms with Gasteiger partial charge in [0, 0.05) is 43.6 Å². The Morgan fingerprint density at radius 1 is 1.13 bits per heavy atom. The first kappa shape index (κ1) is 20.5. The number of aliphatic imine (C=N–C) groups is 1. The summed E-state index contributed by atoms with van der Waals surface area (Å²) in [6, 6.07) is 17.0. The number of fused-ring (bicyclic) bond motifs is 1. The second-order valence-electron chi connectivity index (χ2n) is 8.70. The highest BCUT2D eigenvalue weighted by Gasteiger charge is 2.35. The molecule has 0 bridgehead atoms. The van der Waals surface area contributed by atoms with E-state index < -0.39 is 0 Å². The predicted molar refractivity (Wildman–Crippen MR) is 123 cm³/mol. The van der Waals surface area contributed by atoms with Gasteiger partial charge in [-0.2, -0.15) is 0 Å². The first-order chi connectivity index (χ1) is 14.6. The monoisotopic (exact) mass is 404 g/mol. The summed E-state index contributed by atoms with van der Waals surface area (Å²) >= 11 is 0. The fourth-order valence-corrected chi connectivity index (χ4v) is 4.97. The Kier molecular flexibility index (Phi) is 6.07. The molecule has 2 aromatic rings. The summed E-state index contributed by atoms with van der Waals surface area (Å²) in [5.41, 5.74) is 5.03. The summed E-state index contributed by atoms with van der Waals surface area (Å²) in [5.74, 6) is 1.02. The van der Waals surface area contributed by atoms with Crippen LogP contribution < -0.4 is 16.0 Å². The van der Waals surface area contributed by atoms with Crippen molar-refractivity contribution in [3.8, 4) is 0 Å². The van der Waals surface area contributed by atoms with Crippen LogP contribution in [-0.2, 0) is 10.2 Å². The lowest BCUT2D eigenvalue weighted by Crippen LogP contribution is -2.46. The number of nitrogens with zero attached hydrogens (tertiary/aromatic N) is 1. The summed E-state index contributed by atoms with van der Waals surface area (Å²) in [7, 11) is 1.81. The minimum atomic E-state index is 0.0767. The molecule has 5 heteroatoms. The van der Waals surface area contributed by atoms with Gasteiger partial charge in [0.1, 0.15) is 0 Å². The number of para-hydroxylation sites is 1. The summed E-state index contributed by atoms with van der Waals surface area (Å²) in [5, 5.41) is 10.0. The number of rotatable bonds is 5. The third-order valence-corrected chi connectivity index (χ3v) is 6.63. The van der Waals surface area contributed by atoms with Crippen molar-refractivity contribution < 1.29 is 4.79 Å². The third-order valence-electron chi connectivity index (χ3n) is 6.63. The fourth-order valence-electron chi connectivity index (χ4n) is 4.97. The van der Waals surface area contributed by atoms with Crippen molar-refractivity contribution in [3.05, 3.63) is 65.2 Å². The van der Waals surface area contributed by atoms with E-state index in [1.807, 2.05) is 25.2 Å². The normalized spacial score (nSPS) is 20.4. The van der Waals surface area contributed by atoms with E-state index in [0.29, 0.717) is 13.0 Å². The van der Waals surface area contributed by atoms with Crippen LogP contribution in [0.3, 0.4) is 0 Å². The van der Waals surface area contributed by atoms with Gasteiger partial charge >= 0.3 is 0 Å². The minimum absolute atomic E-state index is 0.0767. The lowest BCUT2D eigenvalue weighted by molar-refractivity contribution is -0.116. The van der Waals surface area contributed by atoms with E-state index in [9.17, 15) is 4.79 Å². The lowest BCUT2D eigenvalue weighted by Gasteiger charge is -2.31. The van der Waals surface area contributed by atoms with Gasteiger partial charge in [-0.1, -0.05) is 60.9 Å². The third kappa shape index (κ3) is 4.35. The van der Waals surface area contributed by atoms with Gasteiger partial charge < -0.3 is 16.0 Å². The Morgan fingerprint density at radius 3 is 2.70 bits per heavy atom. The van der Waals surface area contributed by atoms with Gasteiger partial charge in [0.15, 0.2) is 5.96 Å². The standard InChI is InChI=1S/C25H32N4O/c1-18-8-7-9-20(14-18)25(12-5-6-13-25)17-28-24(26-2)27-16-19-15-23(30)29-22-11-4-3-10-21(19)22/h3-4,7-11,14,19H,5-6,12-13,15-17H2,1-2H3,(H,29,30)(H2,26,27,28). The van der Waals surface area contributed by atoms with Crippen molar-refractivity contribution in [1.29, 1.82) is 0 Å². The first-order valence-electron chi connectivity index (χ1n) is 11.0. The van der Waals surface area contributed by atoms with Crippen molar-refractivity contribution in [2.75, 3.05) is 25.5 Å². The highest BCUT2D eigenvalue weighted by atomic mass is 16.1. The molecule has 4 rings (SSSR count). The molecule has 0 spiro atoms. The molecule has 1 aliphatic carbocycles. The van der Waals surface area contributed by atoms with Crippen LogP contribution in [0.25, 0.3) is 0 Å². The second-order valence-corrected chi connectivity index (χ2v) is 8.70. The summed E-state index contributed by atoms with van der Waals surface area (Å²) in [4.78, 5) is 16.5. The van der Waals surface area contributed by atoms with Gasteiger partial charge in [0.2, 0.25) is 5.91 Å². The van der Waals surface area contributed by atoms with E-state index >= 15 is 0 Å². The number of amides is 1. The maximum Gasteiger partial charge on any atom is 0.225 e. The molecule has 1 unspecified atom stereocenters. The maximum atomic E-state index is 12.1. The van der Waals surface area contributed by atoms with E-state index in [4.69, 9.17) is 0 Å². The number of aryl methyl sites for hydroxylation is 1. The minimum Gasteiger partial charge on any atom is -0.356 e. The smallest absolute Gasteiger partial charge is 0.225 e. The second kappa shape index (κ2) is 8.90. The maximum absolute atomic E-state index is 12.1. The Hall–Kier alpha value is -2.82. The van der Waals surface area contributed by atoms with E-state index in [2.05, 4.69) is 58.2 Å². The Balaban J connectivity index is 1.41. The molecule has 2 aliphatic rings. The van der Waals surface area contributed by atoms with Gasteiger partial charge in [0.05, 0.1) is 0 Å². The van der Waals surface area contributed by atoms with Crippen LogP contribution in [-0.4, -0.2) is 32.0 Å². The molecular formula is C25H32N4O. The van der Waals surface area contributed by atoms with Crippen LogP contribution in [0.1, 0.15) is 54.7 Å². The molecule has 0 aromatic heterocycles. The number of carbonyl (C=O) groups excluding carboxylic acids is 1. The molecule has 30 heavy (non-hydrogen) atoms. The fraction of sp³-hybridized carbons (Fsp3) is 0.440. The molecule has 0 radical (unpaired) electrons. The molecular weight excluding hydrogens is 372 g/mol. The van der Waals surface area contributed by atoms with Crippen molar-refractivity contribution in [3.63, 3.8) is 0 Å². The number of benzene rings is 2. The molecule has 0 saturated heterocycles. The Bertz CT molecular complexity index is 930. The van der Waals surface area contributed by atoms with Crippen molar-refractivity contribution in [2.24, 2.45) is 4.99 Å². The van der Waals surface area contributed by atoms with Crippen molar-refractivity contribution >= 4 is 17.6 Å². The number of anilines is 1. The summed E-state index contributed by atoms with van der Waals surface area (Å²) < 4.78 is 0. The van der Waals surface area contributed by atoms with Crippen LogP contribution in [0.5, 0.6) is 0 Å². The van der Waals surface area contributed by atoms with Gasteiger partial charge in [-0.3, -0.25) is 9.79 Å². The SMILES string of the molecule is CN=C(NCC1CC(=O)Nc2ccccc21)NCC1(c2cccc(C)c2)CCCC1. The molecule has 1 amide bonds. The molecule has 3 N–H and O–H groups in total. The molecule has 158 valence electrons. The number of nitrogens with one attached hydrogen (secondary N) is 3. The Morgan fingerprint density at radius 2 is 1.93 bits per heavy atom. The number of guanidine groups is 1. The van der Waals surface area contributed by atoms with Gasteiger partial charge in [-0.25, -0.2) is 0 Å². The molecule has 2 aromatic carbocycles. The zero-order chi connectivity index (χ0) is 21.0. The average molecular weight is 405 g/mol. The van der Waals surface area contributed by atoms with Gasteiger partial charge in [-0.05, 0) is 37.0 Å². The van der Waals surface area contributed by atoms with E-state index in [-0.39, 0.29) is 17.2 Å². The first-order valence-corrected chi connectivity index (χ1v) is 11.0. The van der Waals surface area contributed by atoms with E-state index in [1.54, 1.807) is 0 Å². The highest BCUT2D eigenvalue weighted by molar-refractivity contribution is 5.94. The van der Waals surface area contributed by atoms with Crippen molar-refractivity contribution in [1.82, 2.24) is 10.6 Å². The van der Waals surface area contributed by atoms with Crippen molar-refractivity contribution in [2.45, 2.75) is 50.4 Å². The summed E-state index contributed by atoms with van der Waals surface area (Å²) in [6.07, 6.45) is 5.45. The largest absolute Gasteiger partial charge is 0.356 e. The average Bonchev–Trinajstić information content (AvgIpc) is 3.24. The molecule has 1 saturated carbocycles. The zero-order valence-corrected chi connectivity index (χ0v) is 18.0.